The monoisotopic (exact) mass is 284 g/mol. The van der Waals surface area contributed by atoms with Gasteiger partial charge in [0.25, 0.3) is 0 Å². The maximum Gasteiger partial charge on any atom is 0.0104 e. The Morgan fingerprint density at radius 3 is 2.67 bits per heavy atom. The summed E-state index contributed by atoms with van der Waals surface area (Å²) >= 11 is 5.65. The van der Waals surface area contributed by atoms with Gasteiger partial charge in [-0.25, -0.2) is 0 Å². The van der Waals surface area contributed by atoms with Crippen molar-refractivity contribution in [3.63, 3.8) is 0 Å². The van der Waals surface area contributed by atoms with E-state index in [1.54, 1.807) is 0 Å². The second-order valence-electron chi connectivity index (χ2n) is 4.69. The normalized spacial score (nSPS) is 17.8. The number of thioether (sulfide) groups is 1. The van der Waals surface area contributed by atoms with Crippen molar-refractivity contribution in [3.8, 4) is 0 Å². The first-order chi connectivity index (χ1) is 7.15. The summed E-state index contributed by atoms with van der Waals surface area (Å²) in [4.78, 5) is 1.46. The van der Waals surface area contributed by atoms with E-state index in [4.69, 9.17) is 0 Å². The summed E-state index contributed by atoms with van der Waals surface area (Å²) in [7, 11) is 0. The smallest absolute Gasteiger partial charge is 0.0104 e. The first kappa shape index (κ1) is 11.5. The molecule has 0 aromatic heterocycles. The van der Waals surface area contributed by atoms with Gasteiger partial charge in [-0.15, -0.1) is 11.8 Å². The fourth-order valence-electron chi connectivity index (χ4n) is 1.59. The molecular weight excluding hydrogens is 268 g/mol. The Morgan fingerprint density at radius 2 is 2.07 bits per heavy atom. The number of rotatable bonds is 4. The van der Waals surface area contributed by atoms with Crippen molar-refractivity contribution >= 4 is 27.7 Å². The third-order valence-electron chi connectivity index (χ3n) is 3.12. The molecule has 82 valence electrons. The lowest BCUT2D eigenvalue weighted by atomic mass is 10.2. The summed E-state index contributed by atoms with van der Waals surface area (Å²) < 4.78 is 0. The van der Waals surface area contributed by atoms with Gasteiger partial charge in [-0.1, -0.05) is 33.6 Å². The lowest BCUT2D eigenvalue weighted by molar-refractivity contribution is 0.686. The van der Waals surface area contributed by atoms with Gasteiger partial charge >= 0.3 is 0 Å². The molecule has 1 aromatic rings. The lowest BCUT2D eigenvalue weighted by Crippen LogP contribution is -2.05. The Morgan fingerprint density at radius 1 is 1.33 bits per heavy atom. The lowest BCUT2D eigenvalue weighted by Gasteiger charge is -2.12. The zero-order valence-electron chi connectivity index (χ0n) is 9.35. The number of aryl methyl sites for hydroxylation is 2. The van der Waals surface area contributed by atoms with E-state index in [1.807, 2.05) is 11.8 Å². The van der Waals surface area contributed by atoms with Crippen LogP contribution in [0, 0.1) is 19.3 Å². The minimum atomic E-state index is 0.612. The van der Waals surface area contributed by atoms with Crippen molar-refractivity contribution in [1.29, 1.82) is 0 Å². The van der Waals surface area contributed by atoms with Crippen LogP contribution in [0.2, 0.25) is 0 Å². The van der Waals surface area contributed by atoms with Crippen LogP contribution in [0.4, 0.5) is 0 Å². The standard InChI is InChI=1S/C13H17BrS/c1-10-3-4-11(2)12(7-10)15-9-13(8-14)5-6-13/h3-4,7H,5-6,8-9H2,1-2H3. The fraction of sp³-hybridized carbons (Fsp3) is 0.538. The first-order valence-electron chi connectivity index (χ1n) is 5.41. The third-order valence-corrected chi connectivity index (χ3v) is 5.82. The maximum absolute atomic E-state index is 3.63. The maximum atomic E-state index is 3.63. The molecule has 0 unspecified atom stereocenters. The highest BCUT2D eigenvalue weighted by Crippen LogP contribution is 2.50. The van der Waals surface area contributed by atoms with Gasteiger partial charge < -0.3 is 0 Å². The Labute approximate surface area is 105 Å². The van der Waals surface area contributed by atoms with Gasteiger partial charge in [-0.05, 0) is 43.7 Å². The van der Waals surface area contributed by atoms with E-state index in [-0.39, 0.29) is 0 Å². The largest absolute Gasteiger partial charge is 0.125 e. The molecule has 0 radical (unpaired) electrons. The number of benzene rings is 1. The number of hydrogen-bond acceptors (Lipinski definition) is 1. The van der Waals surface area contributed by atoms with Crippen LogP contribution in [0.3, 0.4) is 0 Å². The molecule has 0 aliphatic heterocycles. The van der Waals surface area contributed by atoms with E-state index >= 15 is 0 Å². The van der Waals surface area contributed by atoms with Gasteiger partial charge in [0.05, 0.1) is 0 Å². The minimum Gasteiger partial charge on any atom is -0.125 e. The van der Waals surface area contributed by atoms with E-state index in [2.05, 4.69) is 48.0 Å². The van der Waals surface area contributed by atoms with Crippen LogP contribution < -0.4 is 0 Å². The zero-order chi connectivity index (χ0) is 10.9. The number of halogens is 1. The Balaban J connectivity index is 2.01. The van der Waals surface area contributed by atoms with Crippen LogP contribution in [0.15, 0.2) is 23.1 Å². The first-order valence-corrected chi connectivity index (χ1v) is 7.52. The average Bonchev–Trinajstić information content (AvgIpc) is 3.00. The molecule has 15 heavy (non-hydrogen) atoms. The molecule has 0 N–H and O–H groups in total. The van der Waals surface area contributed by atoms with Crippen LogP contribution in [-0.2, 0) is 0 Å². The Kier molecular flexibility index (Phi) is 3.46. The molecule has 1 fully saturated rings. The van der Waals surface area contributed by atoms with Crippen LogP contribution in [0.25, 0.3) is 0 Å². The molecule has 0 bridgehead atoms. The van der Waals surface area contributed by atoms with Gasteiger partial charge in [0.1, 0.15) is 0 Å². The van der Waals surface area contributed by atoms with Gasteiger partial charge in [0.2, 0.25) is 0 Å². The van der Waals surface area contributed by atoms with Crippen molar-refractivity contribution < 1.29 is 0 Å². The summed E-state index contributed by atoms with van der Waals surface area (Å²) in [5.41, 5.74) is 3.39. The average molecular weight is 285 g/mol. The molecule has 2 heteroatoms. The fourth-order valence-corrected chi connectivity index (χ4v) is 4.03. The molecular formula is C13H17BrS. The molecule has 1 saturated carbocycles. The van der Waals surface area contributed by atoms with Crippen LogP contribution in [0.5, 0.6) is 0 Å². The van der Waals surface area contributed by atoms with Gasteiger partial charge in [-0.3, -0.25) is 0 Å². The van der Waals surface area contributed by atoms with E-state index < -0.39 is 0 Å². The summed E-state index contributed by atoms with van der Waals surface area (Å²) in [5, 5.41) is 1.16. The Hall–Kier alpha value is 0.0500. The highest BCUT2D eigenvalue weighted by molar-refractivity contribution is 9.09. The minimum absolute atomic E-state index is 0.612. The molecule has 0 atom stereocenters. The van der Waals surface area contributed by atoms with Gasteiger partial charge in [-0.2, -0.15) is 0 Å². The molecule has 1 aliphatic carbocycles. The zero-order valence-corrected chi connectivity index (χ0v) is 11.7. The molecule has 0 saturated heterocycles. The molecule has 2 rings (SSSR count). The molecule has 0 amide bonds. The predicted molar refractivity (Wildman–Crippen MR) is 72.1 cm³/mol. The van der Waals surface area contributed by atoms with E-state index in [9.17, 15) is 0 Å². The van der Waals surface area contributed by atoms with Crippen molar-refractivity contribution in [2.24, 2.45) is 5.41 Å². The molecule has 1 aliphatic rings. The van der Waals surface area contributed by atoms with Gasteiger partial charge in [0, 0.05) is 16.0 Å². The highest BCUT2D eigenvalue weighted by Gasteiger charge is 2.41. The molecule has 0 nitrogen and oxygen atoms in total. The number of alkyl halides is 1. The highest BCUT2D eigenvalue weighted by atomic mass is 79.9. The van der Waals surface area contributed by atoms with Crippen molar-refractivity contribution in [3.05, 3.63) is 29.3 Å². The number of hydrogen-bond donors (Lipinski definition) is 0. The van der Waals surface area contributed by atoms with Crippen molar-refractivity contribution in [2.45, 2.75) is 31.6 Å². The van der Waals surface area contributed by atoms with E-state index in [0.717, 1.165) is 5.33 Å². The van der Waals surface area contributed by atoms with Gasteiger partial charge in [0.15, 0.2) is 0 Å². The predicted octanol–water partition coefficient (Wildman–Crippen LogP) is 4.57. The molecule has 1 aromatic carbocycles. The van der Waals surface area contributed by atoms with Crippen LogP contribution in [-0.4, -0.2) is 11.1 Å². The molecule has 0 heterocycles. The SMILES string of the molecule is Cc1ccc(C)c(SCC2(CBr)CC2)c1. The molecule has 0 spiro atoms. The van der Waals surface area contributed by atoms with E-state index in [0.29, 0.717) is 5.41 Å². The van der Waals surface area contributed by atoms with E-state index in [1.165, 1.54) is 34.6 Å². The second kappa shape index (κ2) is 4.50. The third kappa shape index (κ3) is 2.79. The summed E-state index contributed by atoms with van der Waals surface area (Å²) in [6.07, 6.45) is 2.80. The summed E-state index contributed by atoms with van der Waals surface area (Å²) in [5.74, 6) is 1.27. The Bertz CT molecular complexity index is 356. The quantitative estimate of drug-likeness (QED) is 0.577. The summed E-state index contributed by atoms with van der Waals surface area (Å²) in [6, 6.07) is 6.73. The second-order valence-corrected chi connectivity index (χ2v) is 6.27. The summed E-state index contributed by atoms with van der Waals surface area (Å²) in [6.45, 7) is 4.37. The van der Waals surface area contributed by atoms with Crippen molar-refractivity contribution in [2.75, 3.05) is 11.1 Å². The topological polar surface area (TPSA) is 0 Å². The van der Waals surface area contributed by atoms with Crippen molar-refractivity contribution in [1.82, 2.24) is 0 Å². The van der Waals surface area contributed by atoms with Crippen LogP contribution >= 0.6 is 27.7 Å². The van der Waals surface area contributed by atoms with Crippen LogP contribution in [0.1, 0.15) is 24.0 Å².